The topological polar surface area (TPSA) is 26.0 Å². The number of rotatable bonds is 1. The predicted molar refractivity (Wildman–Crippen MR) is 64.1 cm³/mol. The smallest absolute Gasteiger partial charge is 0.116 e. The summed E-state index contributed by atoms with van der Waals surface area (Å²) in [5, 5.41) is 0. The molecule has 1 atom stereocenters. The van der Waals surface area contributed by atoms with Crippen molar-refractivity contribution in [2.75, 3.05) is 5.73 Å². The van der Waals surface area contributed by atoms with E-state index in [1.165, 1.54) is 23.3 Å². The number of halogens is 1. The zero-order valence-electron chi connectivity index (χ0n) is 8.64. The lowest BCUT2D eigenvalue weighted by Gasteiger charge is -2.25. The number of anilines is 1. The summed E-state index contributed by atoms with van der Waals surface area (Å²) in [6.07, 6.45) is 3.56. The summed E-state index contributed by atoms with van der Waals surface area (Å²) in [6, 6.07) is 0. The normalized spacial score (nSPS) is 21.3. The van der Waals surface area contributed by atoms with Crippen molar-refractivity contribution >= 4 is 28.6 Å². The Bertz CT molecular complexity index is 343. The summed E-state index contributed by atoms with van der Waals surface area (Å²) in [5.41, 5.74) is 8.10. The third-order valence-electron chi connectivity index (χ3n) is 3.24. The van der Waals surface area contributed by atoms with Crippen molar-refractivity contribution in [1.82, 2.24) is 0 Å². The molecule has 1 aliphatic rings. The SMILES string of the molecule is CC(C)C1CCc2c(sc(Cl)c2N)C1. The van der Waals surface area contributed by atoms with E-state index in [0.717, 1.165) is 28.3 Å². The van der Waals surface area contributed by atoms with Gasteiger partial charge in [0.15, 0.2) is 0 Å². The van der Waals surface area contributed by atoms with Crippen LogP contribution in [0.3, 0.4) is 0 Å². The van der Waals surface area contributed by atoms with Crippen LogP contribution in [0.15, 0.2) is 0 Å². The second kappa shape index (κ2) is 3.74. The van der Waals surface area contributed by atoms with E-state index in [9.17, 15) is 0 Å². The van der Waals surface area contributed by atoms with Gasteiger partial charge in [-0.3, -0.25) is 0 Å². The maximum absolute atomic E-state index is 6.04. The minimum Gasteiger partial charge on any atom is -0.397 e. The van der Waals surface area contributed by atoms with E-state index in [1.54, 1.807) is 11.3 Å². The minimum atomic E-state index is 0.769. The van der Waals surface area contributed by atoms with Crippen molar-refractivity contribution in [1.29, 1.82) is 0 Å². The molecule has 1 nitrogen and oxygen atoms in total. The predicted octanol–water partition coefficient (Wildman–Crippen LogP) is 3.74. The zero-order valence-corrected chi connectivity index (χ0v) is 10.2. The molecule has 1 aromatic rings. The third kappa shape index (κ3) is 1.66. The van der Waals surface area contributed by atoms with Gasteiger partial charge >= 0.3 is 0 Å². The molecule has 0 aliphatic heterocycles. The van der Waals surface area contributed by atoms with Crippen LogP contribution in [0.5, 0.6) is 0 Å². The first kappa shape index (κ1) is 10.3. The standard InChI is InChI=1S/C11H16ClNS/c1-6(2)7-3-4-8-9(5-7)14-11(12)10(8)13/h6-7H,3-5,13H2,1-2H3. The van der Waals surface area contributed by atoms with Gasteiger partial charge in [-0.25, -0.2) is 0 Å². The first-order chi connectivity index (χ1) is 6.59. The molecule has 3 heteroatoms. The van der Waals surface area contributed by atoms with Gasteiger partial charge < -0.3 is 5.73 Å². The van der Waals surface area contributed by atoms with Gasteiger partial charge in [-0.2, -0.15) is 0 Å². The van der Waals surface area contributed by atoms with Crippen molar-refractivity contribution in [3.05, 3.63) is 14.8 Å². The molecule has 0 saturated carbocycles. The van der Waals surface area contributed by atoms with Crippen LogP contribution < -0.4 is 5.73 Å². The van der Waals surface area contributed by atoms with E-state index in [2.05, 4.69) is 13.8 Å². The van der Waals surface area contributed by atoms with E-state index in [4.69, 9.17) is 17.3 Å². The van der Waals surface area contributed by atoms with Crippen LogP contribution >= 0.6 is 22.9 Å². The summed E-state index contributed by atoms with van der Waals surface area (Å²) in [6.45, 7) is 4.60. The number of fused-ring (bicyclic) bond motifs is 1. The quantitative estimate of drug-likeness (QED) is 0.780. The Balaban J connectivity index is 2.27. The summed E-state index contributed by atoms with van der Waals surface area (Å²) in [7, 11) is 0. The average Bonchev–Trinajstić information content (AvgIpc) is 2.42. The second-order valence-electron chi connectivity index (χ2n) is 4.44. The molecule has 1 heterocycles. The molecule has 1 aliphatic carbocycles. The van der Waals surface area contributed by atoms with Gasteiger partial charge in [0.05, 0.1) is 5.69 Å². The molecule has 14 heavy (non-hydrogen) atoms. The fourth-order valence-corrected chi connectivity index (χ4v) is 3.65. The van der Waals surface area contributed by atoms with Crippen LogP contribution in [0, 0.1) is 11.8 Å². The Labute approximate surface area is 94.3 Å². The minimum absolute atomic E-state index is 0.769. The molecule has 0 amide bonds. The lowest BCUT2D eigenvalue weighted by atomic mass is 9.81. The number of nitrogen functional groups attached to an aromatic ring is 1. The molecular weight excluding hydrogens is 214 g/mol. The Morgan fingerprint density at radius 2 is 2.21 bits per heavy atom. The average molecular weight is 230 g/mol. The van der Waals surface area contributed by atoms with Crippen molar-refractivity contribution in [2.24, 2.45) is 11.8 Å². The van der Waals surface area contributed by atoms with Crippen LogP contribution in [-0.4, -0.2) is 0 Å². The number of thiophene rings is 1. The van der Waals surface area contributed by atoms with E-state index in [1.807, 2.05) is 0 Å². The molecular formula is C11H16ClNS. The van der Waals surface area contributed by atoms with Crippen molar-refractivity contribution in [3.63, 3.8) is 0 Å². The summed E-state index contributed by atoms with van der Waals surface area (Å²) < 4.78 is 0.791. The van der Waals surface area contributed by atoms with Crippen molar-refractivity contribution < 1.29 is 0 Å². The van der Waals surface area contributed by atoms with Crippen LogP contribution in [0.2, 0.25) is 4.34 Å². The van der Waals surface area contributed by atoms with E-state index in [0.29, 0.717) is 0 Å². The Kier molecular flexibility index (Phi) is 2.76. The lowest BCUT2D eigenvalue weighted by Crippen LogP contribution is -2.18. The molecule has 1 unspecified atom stereocenters. The maximum atomic E-state index is 6.04. The summed E-state index contributed by atoms with van der Waals surface area (Å²) in [5.74, 6) is 1.59. The monoisotopic (exact) mass is 229 g/mol. The number of nitrogens with two attached hydrogens (primary N) is 1. The van der Waals surface area contributed by atoms with Gasteiger partial charge in [-0.05, 0) is 36.7 Å². The molecule has 2 rings (SSSR count). The van der Waals surface area contributed by atoms with Gasteiger partial charge in [-0.1, -0.05) is 25.4 Å². The Hall–Kier alpha value is -0.210. The molecule has 0 saturated heterocycles. The maximum Gasteiger partial charge on any atom is 0.116 e. The van der Waals surface area contributed by atoms with Gasteiger partial charge in [0.25, 0.3) is 0 Å². The lowest BCUT2D eigenvalue weighted by molar-refractivity contribution is 0.346. The van der Waals surface area contributed by atoms with Crippen LogP contribution in [-0.2, 0) is 12.8 Å². The van der Waals surface area contributed by atoms with Gasteiger partial charge in [0.1, 0.15) is 4.34 Å². The molecule has 0 spiro atoms. The first-order valence-corrected chi connectivity index (χ1v) is 6.34. The molecule has 1 aromatic heterocycles. The fraction of sp³-hybridized carbons (Fsp3) is 0.636. The molecule has 78 valence electrons. The molecule has 0 aromatic carbocycles. The largest absolute Gasteiger partial charge is 0.397 e. The second-order valence-corrected chi connectivity index (χ2v) is 6.15. The highest BCUT2D eigenvalue weighted by Crippen LogP contribution is 2.42. The Morgan fingerprint density at radius 3 is 2.86 bits per heavy atom. The zero-order chi connectivity index (χ0) is 10.3. The summed E-state index contributed by atoms with van der Waals surface area (Å²) in [4.78, 5) is 1.43. The first-order valence-electron chi connectivity index (χ1n) is 5.15. The van der Waals surface area contributed by atoms with Gasteiger partial charge in [0.2, 0.25) is 0 Å². The van der Waals surface area contributed by atoms with Crippen molar-refractivity contribution in [2.45, 2.75) is 33.1 Å². The fourth-order valence-electron chi connectivity index (χ4n) is 2.17. The van der Waals surface area contributed by atoms with E-state index < -0.39 is 0 Å². The van der Waals surface area contributed by atoms with Crippen LogP contribution in [0.1, 0.15) is 30.7 Å². The highest BCUT2D eigenvalue weighted by Gasteiger charge is 2.25. The number of hydrogen-bond donors (Lipinski definition) is 1. The molecule has 2 N–H and O–H groups in total. The molecule has 0 fully saturated rings. The summed E-state index contributed by atoms with van der Waals surface area (Å²) >= 11 is 7.72. The number of hydrogen-bond acceptors (Lipinski definition) is 2. The molecule has 0 radical (unpaired) electrons. The van der Waals surface area contributed by atoms with Crippen LogP contribution in [0.25, 0.3) is 0 Å². The van der Waals surface area contributed by atoms with E-state index in [-0.39, 0.29) is 0 Å². The van der Waals surface area contributed by atoms with E-state index >= 15 is 0 Å². The van der Waals surface area contributed by atoms with Crippen molar-refractivity contribution in [3.8, 4) is 0 Å². The highest BCUT2D eigenvalue weighted by molar-refractivity contribution is 7.17. The van der Waals surface area contributed by atoms with Gasteiger partial charge in [0, 0.05) is 4.88 Å². The Morgan fingerprint density at radius 1 is 1.50 bits per heavy atom. The third-order valence-corrected chi connectivity index (χ3v) is 4.74. The van der Waals surface area contributed by atoms with Gasteiger partial charge in [-0.15, -0.1) is 11.3 Å². The molecule has 0 bridgehead atoms. The van der Waals surface area contributed by atoms with Crippen LogP contribution in [0.4, 0.5) is 5.69 Å². The highest BCUT2D eigenvalue weighted by atomic mass is 35.5.